The van der Waals surface area contributed by atoms with Crippen molar-refractivity contribution in [2.24, 2.45) is 5.92 Å². The molecule has 0 bridgehead atoms. The second-order valence-corrected chi connectivity index (χ2v) is 5.91. The number of rotatable bonds is 7. The Morgan fingerprint density at radius 3 is 2.64 bits per heavy atom. The fraction of sp³-hybridized carbons (Fsp3) is 0.500. The number of carbonyl (C=O) groups is 2. The van der Waals surface area contributed by atoms with Crippen LogP contribution in [0.3, 0.4) is 0 Å². The van der Waals surface area contributed by atoms with Gasteiger partial charge in [-0.1, -0.05) is 31.5 Å². The summed E-state index contributed by atoms with van der Waals surface area (Å²) < 4.78 is 18.8. The Kier molecular flexibility index (Phi) is 7.32. The molecule has 0 aliphatic rings. The van der Waals surface area contributed by atoms with Gasteiger partial charge in [-0.15, -0.1) is 0 Å². The molecule has 1 atom stereocenters. The van der Waals surface area contributed by atoms with Crippen molar-refractivity contribution in [2.45, 2.75) is 39.7 Å². The lowest BCUT2D eigenvalue weighted by atomic mass is 10.1. The molecule has 4 nitrogen and oxygen atoms in total. The number of benzene rings is 1. The third kappa shape index (κ3) is 5.64. The van der Waals surface area contributed by atoms with E-state index in [2.05, 4.69) is 19.2 Å². The van der Waals surface area contributed by atoms with Crippen LogP contribution in [0.2, 0.25) is 5.02 Å². The second-order valence-electron chi connectivity index (χ2n) is 5.50. The van der Waals surface area contributed by atoms with Gasteiger partial charge in [-0.05, 0) is 37.8 Å². The van der Waals surface area contributed by atoms with Crippen molar-refractivity contribution in [3.8, 4) is 0 Å². The molecule has 1 rings (SSSR count). The van der Waals surface area contributed by atoms with E-state index in [1.807, 2.05) is 0 Å². The zero-order valence-electron chi connectivity index (χ0n) is 13.0. The van der Waals surface area contributed by atoms with E-state index in [1.165, 1.54) is 25.1 Å². The monoisotopic (exact) mass is 329 g/mol. The molecular formula is C16H21ClFNO3. The number of ether oxygens (including phenoxy) is 1. The van der Waals surface area contributed by atoms with Crippen LogP contribution in [-0.4, -0.2) is 24.5 Å². The van der Waals surface area contributed by atoms with Gasteiger partial charge in [-0.25, -0.2) is 9.18 Å². The van der Waals surface area contributed by atoms with Gasteiger partial charge in [-0.2, -0.15) is 0 Å². The Balaban J connectivity index is 2.50. The minimum absolute atomic E-state index is 0.142. The number of amides is 1. The van der Waals surface area contributed by atoms with Crippen molar-refractivity contribution in [3.63, 3.8) is 0 Å². The summed E-state index contributed by atoms with van der Waals surface area (Å²) in [5, 5.41) is 2.26. The molecule has 0 fully saturated rings. The van der Waals surface area contributed by atoms with Gasteiger partial charge in [0.05, 0.1) is 17.2 Å². The van der Waals surface area contributed by atoms with Gasteiger partial charge in [0.2, 0.25) is 0 Å². The van der Waals surface area contributed by atoms with Gasteiger partial charge in [0, 0.05) is 0 Å². The van der Waals surface area contributed by atoms with Gasteiger partial charge in [-0.3, -0.25) is 4.79 Å². The SMILES string of the molecule is CC(C)CCCOC(=O)C(C)NC(=O)c1cccc(Cl)c1F. The number of halogens is 2. The first kappa shape index (κ1) is 18.4. The molecule has 1 N–H and O–H groups in total. The molecule has 1 aromatic carbocycles. The molecule has 0 spiro atoms. The van der Waals surface area contributed by atoms with E-state index < -0.39 is 23.7 Å². The summed E-state index contributed by atoms with van der Waals surface area (Å²) >= 11 is 5.62. The molecule has 0 aliphatic carbocycles. The van der Waals surface area contributed by atoms with Crippen molar-refractivity contribution in [3.05, 3.63) is 34.6 Å². The Labute approximate surface area is 135 Å². The number of esters is 1. The van der Waals surface area contributed by atoms with Crippen molar-refractivity contribution in [1.29, 1.82) is 0 Å². The molecule has 1 aromatic rings. The maximum absolute atomic E-state index is 13.7. The Morgan fingerprint density at radius 2 is 2.00 bits per heavy atom. The van der Waals surface area contributed by atoms with Crippen LogP contribution in [0.4, 0.5) is 4.39 Å². The summed E-state index contributed by atoms with van der Waals surface area (Å²) in [5.74, 6) is -1.51. The van der Waals surface area contributed by atoms with E-state index in [4.69, 9.17) is 16.3 Å². The number of hydrogen-bond acceptors (Lipinski definition) is 3. The van der Waals surface area contributed by atoms with E-state index in [0.29, 0.717) is 12.5 Å². The smallest absolute Gasteiger partial charge is 0.328 e. The fourth-order valence-electron chi connectivity index (χ4n) is 1.80. The van der Waals surface area contributed by atoms with E-state index in [-0.39, 0.29) is 10.6 Å². The first-order chi connectivity index (χ1) is 10.3. The molecule has 0 heterocycles. The van der Waals surface area contributed by atoms with Crippen molar-refractivity contribution >= 4 is 23.5 Å². The van der Waals surface area contributed by atoms with E-state index in [0.717, 1.165) is 12.8 Å². The minimum Gasteiger partial charge on any atom is -0.464 e. The van der Waals surface area contributed by atoms with Gasteiger partial charge in [0.25, 0.3) is 5.91 Å². The Hall–Kier alpha value is -1.62. The highest BCUT2D eigenvalue weighted by Crippen LogP contribution is 2.17. The number of carbonyl (C=O) groups excluding carboxylic acids is 2. The van der Waals surface area contributed by atoms with Crippen molar-refractivity contribution in [2.75, 3.05) is 6.61 Å². The highest BCUT2D eigenvalue weighted by atomic mass is 35.5. The lowest BCUT2D eigenvalue weighted by molar-refractivity contribution is -0.145. The van der Waals surface area contributed by atoms with Gasteiger partial charge < -0.3 is 10.1 Å². The summed E-state index contributed by atoms with van der Waals surface area (Å²) in [7, 11) is 0. The number of nitrogens with one attached hydrogen (secondary N) is 1. The van der Waals surface area contributed by atoms with Crippen LogP contribution in [0.5, 0.6) is 0 Å². The molecule has 22 heavy (non-hydrogen) atoms. The molecular weight excluding hydrogens is 309 g/mol. The zero-order valence-corrected chi connectivity index (χ0v) is 13.7. The second kappa shape index (κ2) is 8.73. The molecule has 0 saturated carbocycles. The molecule has 0 aromatic heterocycles. The molecule has 6 heteroatoms. The van der Waals surface area contributed by atoms with Crippen LogP contribution in [0.15, 0.2) is 18.2 Å². The van der Waals surface area contributed by atoms with Crippen LogP contribution >= 0.6 is 11.6 Å². The maximum atomic E-state index is 13.7. The van der Waals surface area contributed by atoms with Crippen LogP contribution in [0.25, 0.3) is 0 Å². The lowest BCUT2D eigenvalue weighted by Crippen LogP contribution is -2.40. The van der Waals surface area contributed by atoms with E-state index in [9.17, 15) is 14.0 Å². The standard InChI is InChI=1S/C16H21ClFNO3/c1-10(2)6-5-9-22-16(21)11(3)19-15(20)12-7-4-8-13(17)14(12)18/h4,7-8,10-11H,5-6,9H2,1-3H3,(H,19,20). The zero-order chi connectivity index (χ0) is 16.7. The maximum Gasteiger partial charge on any atom is 0.328 e. The summed E-state index contributed by atoms with van der Waals surface area (Å²) in [6.45, 7) is 5.97. The molecule has 122 valence electrons. The third-order valence-corrected chi connectivity index (χ3v) is 3.36. The summed E-state index contributed by atoms with van der Waals surface area (Å²) in [4.78, 5) is 23.7. The normalized spacial score (nSPS) is 12.1. The van der Waals surface area contributed by atoms with Crippen LogP contribution in [0.1, 0.15) is 44.0 Å². The fourth-order valence-corrected chi connectivity index (χ4v) is 1.98. The highest BCUT2D eigenvalue weighted by molar-refractivity contribution is 6.31. The highest BCUT2D eigenvalue weighted by Gasteiger charge is 2.20. The summed E-state index contributed by atoms with van der Waals surface area (Å²) in [5.41, 5.74) is -0.202. The quantitative estimate of drug-likeness (QED) is 0.614. The van der Waals surface area contributed by atoms with Crippen LogP contribution < -0.4 is 5.32 Å². The van der Waals surface area contributed by atoms with Crippen LogP contribution in [-0.2, 0) is 9.53 Å². The first-order valence-electron chi connectivity index (χ1n) is 7.24. The summed E-state index contributed by atoms with van der Waals surface area (Å²) in [6.07, 6.45) is 1.73. The topological polar surface area (TPSA) is 55.4 Å². The lowest BCUT2D eigenvalue weighted by Gasteiger charge is -2.14. The molecule has 1 unspecified atom stereocenters. The van der Waals surface area contributed by atoms with Crippen LogP contribution in [0, 0.1) is 11.7 Å². The van der Waals surface area contributed by atoms with Gasteiger partial charge >= 0.3 is 5.97 Å². The predicted octanol–water partition coefficient (Wildman–Crippen LogP) is 3.58. The third-order valence-electron chi connectivity index (χ3n) is 3.07. The average molecular weight is 330 g/mol. The Bertz CT molecular complexity index is 534. The van der Waals surface area contributed by atoms with Gasteiger partial charge in [0.15, 0.2) is 5.82 Å². The van der Waals surface area contributed by atoms with E-state index >= 15 is 0 Å². The number of hydrogen-bond donors (Lipinski definition) is 1. The molecule has 0 saturated heterocycles. The molecule has 0 radical (unpaired) electrons. The van der Waals surface area contributed by atoms with E-state index in [1.54, 1.807) is 0 Å². The largest absolute Gasteiger partial charge is 0.464 e. The van der Waals surface area contributed by atoms with Crippen molar-refractivity contribution < 1.29 is 18.7 Å². The van der Waals surface area contributed by atoms with Crippen molar-refractivity contribution in [1.82, 2.24) is 5.32 Å². The first-order valence-corrected chi connectivity index (χ1v) is 7.62. The van der Waals surface area contributed by atoms with Gasteiger partial charge in [0.1, 0.15) is 6.04 Å². The average Bonchev–Trinajstić information content (AvgIpc) is 2.45. The summed E-state index contributed by atoms with van der Waals surface area (Å²) in [6, 6.07) is 3.26. The molecule has 0 aliphatic heterocycles. The predicted molar refractivity (Wildman–Crippen MR) is 83.4 cm³/mol. The minimum atomic E-state index is -0.857. The molecule has 1 amide bonds. The Morgan fingerprint density at radius 1 is 1.32 bits per heavy atom.